The second-order valence-corrected chi connectivity index (χ2v) is 26.9. The van der Waals surface area contributed by atoms with Crippen molar-refractivity contribution < 1.29 is 48.1 Å². The van der Waals surface area contributed by atoms with E-state index in [0.717, 1.165) is 187 Å². The van der Waals surface area contributed by atoms with Crippen molar-refractivity contribution in [2.75, 3.05) is 72.3 Å². The minimum atomic E-state index is -0.986. The molecule has 3 aromatic carbocycles. The number of nitrogens with zero attached hydrogens (tertiary/aromatic N) is 3. The van der Waals surface area contributed by atoms with E-state index in [1.165, 1.54) is 31.2 Å². The van der Waals surface area contributed by atoms with E-state index in [-0.39, 0.29) is 72.3 Å². The largest absolute Gasteiger partial charge is 0.480 e. The smallest absolute Gasteiger partial charge is 0.407 e. The number of aromatic nitrogens is 1. The van der Waals surface area contributed by atoms with Gasteiger partial charge in [0.15, 0.2) is 0 Å². The summed E-state index contributed by atoms with van der Waals surface area (Å²) in [4.78, 5) is 85.8. The number of hydrogen-bond donors (Lipinski definition) is 3. The van der Waals surface area contributed by atoms with Gasteiger partial charge in [-0.05, 0) is 128 Å². The zero-order valence-electron chi connectivity index (χ0n) is 52.5. The first-order chi connectivity index (χ1) is 42.3. The predicted octanol–water partition coefficient (Wildman–Crippen LogP) is 12.9. The quantitative estimate of drug-likeness (QED) is 0.0535. The summed E-state index contributed by atoms with van der Waals surface area (Å²) >= 11 is 1.63. The lowest BCUT2D eigenvalue weighted by Crippen LogP contribution is -2.46. The predicted molar refractivity (Wildman–Crippen MR) is 344 cm³/mol. The van der Waals surface area contributed by atoms with Gasteiger partial charge in [-0.3, -0.25) is 29.0 Å². The minimum absolute atomic E-state index is 0.0215. The van der Waals surface area contributed by atoms with Crippen LogP contribution in [0.1, 0.15) is 196 Å². The first-order valence-electron chi connectivity index (χ1n) is 33.4. The fraction of sp³-hybridized carbons (Fsp3) is 0.648. The summed E-state index contributed by atoms with van der Waals surface area (Å²) in [7, 11) is 0. The maximum atomic E-state index is 13.9. The lowest BCUT2D eigenvalue weighted by molar-refractivity contribution is -0.141. The molecule has 10 rings (SSSR count). The van der Waals surface area contributed by atoms with Crippen LogP contribution in [0.4, 0.5) is 4.79 Å². The molecule has 6 aliphatic rings. The van der Waals surface area contributed by atoms with Crippen molar-refractivity contribution in [3.63, 3.8) is 0 Å². The number of thiazole rings is 1. The van der Waals surface area contributed by atoms with Gasteiger partial charge in [0.2, 0.25) is 0 Å². The number of amides is 1. The Morgan fingerprint density at radius 3 is 1.75 bits per heavy atom. The highest BCUT2D eigenvalue weighted by Gasteiger charge is 2.36. The molecule has 4 N–H and O–H groups in total. The molecule has 87 heavy (non-hydrogen) atoms. The molecule has 4 aromatic rings. The topological polar surface area (TPSA) is 208 Å². The normalized spacial score (nSPS) is 19.5. The highest BCUT2D eigenvalue weighted by atomic mass is 32.1. The van der Waals surface area contributed by atoms with Gasteiger partial charge in [-0.25, -0.2) is 14.6 Å². The molecule has 15 nitrogen and oxygen atoms in total. The number of rotatable bonds is 26. The Labute approximate surface area is 522 Å². The molecule has 2 saturated heterocycles. The van der Waals surface area contributed by atoms with Crippen molar-refractivity contribution in [3.8, 4) is 11.1 Å². The fourth-order valence-corrected chi connectivity index (χ4v) is 15.3. The van der Waals surface area contributed by atoms with E-state index in [0.29, 0.717) is 37.5 Å². The molecule has 0 spiro atoms. The number of benzene rings is 3. The molecule has 5 fully saturated rings. The molecule has 16 heteroatoms. The molecule has 2 aliphatic heterocycles. The van der Waals surface area contributed by atoms with Gasteiger partial charge >= 0.3 is 12.1 Å². The average molecular weight is 1220 g/mol. The van der Waals surface area contributed by atoms with Crippen LogP contribution in [0.15, 0.2) is 66.7 Å². The van der Waals surface area contributed by atoms with Crippen LogP contribution in [0.3, 0.4) is 0 Å². The van der Waals surface area contributed by atoms with Crippen molar-refractivity contribution in [1.82, 2.24) is 20.1 Å². The maximum Gasteiger partial charge on any atom is 0.407 e. The Morgan fingerprint density at radius 1 is 0.678 bits per heavy atom. The van der Waals surface area contributed by atoms with E-state index in [9.17, 15) is 33.9 Å². The lowest BCUT2D eigenvalue weighted by atomic mass is 9.73. The molecule has 1 aromatic heterocycles. The third-order valence-electron chi connectivity index (χ3n) is 19.5. The van der Waals surface area contributed by atoms with Crippen molar-refractivity contribution in [1.29, 1.82) is 0 Å². The number of nitrogens with two attached hydrogens (primary N) is 1. The van der Waals surface area contributed by atoms with Crippen molar-refractivity contribution in [2.45, 2.75) is 192 Å². The van der Waals surface area contributed by atoms with Crippen LogP contribution in [0, 0.1) is 29.6 Å². The SMILES string of the molecule is CCC(=O)C[C@@H](Cc1nc2ccc(C(C)C)cc2s1)C(=O)C[C@H](C(=O)CCCN1CCOCC1)C1CCCCC1.N[C@H](C(=O)CCCN1CCOCC1)C1CCCCC1.O=C(N[C@H](C(=O)O)C1CCCCC1)OCC1c2ccccc2-c2ccccc21. The second kappa shape index (κ2) is 35.2. The van der Waals surface area contributed by atoms with Crippen LogP contribution in [0.5, 0.6) is 0 Å². The Hall–Kier alpha value is -5.23. The van der Waals surface area contributed by atoms with Crippen LogP contribution in [0.2, 0.25) is 0 Å². The number of nitrogens with one attached hydrogen (secondary N) is 1. The first-order valence-corrected chi connectivity index (χ1v) is 34.3. The van der Waals surface area contributed by atoms with Crippen molar-refractivity contribution in [3.05, 3.63) is 88.4 Å². The van der Waals surface area contributed by atoms with Gasteiger partial charge in [0, 0.05) is 82.5 Å². The number of ether oxygens (including phenoxy) is 3. The molecule has 476 valence electrons. The summed E-state index contributed by atoms with van der Waals surface area (Å²) in [5, 5.41) is 13.0. The number of Topliss-reactive ketones (excluding diaryl/α,β-unsaturated/α-hetero) is 4. The van der Waals surface area contributed by atoms with Crippen LogP contribution in [-0.4, -0.2) is 139 Å². The van der Waals surface area contributed by atoms with E-state index in [2.05, 4.69) is 71.4 Å². The molecular weight excluding hydrogens is 1110 g/mol. The number of morpholine rings is 2. The van der Waals surface area contributed by atoms with Gasteiger partial charge in [-0.1, -0.05) is 133 Å². The third-order valence-corrected chi connectivity index (χ3v) is 20.5. The number of carboxylic acids is 1. The highest BCUT2D eigenvalue weighted by molar-refractivity contribution is 7.18. The van der Waals surface area contributed by atoms with Crippen molar-refractivity contribution >= 4 is 56.7 Å². The van der Waals surface area contributed by atoms with Gasteiger partial charge in [-0.15, -0.1) is 11.3 Å². The van der Waals surface area contributed by atoms with E-state index in [1.54, 1.807) is 11.3 Å². The Kier molecular flexibility index (Phi) is 27.4. The molecule has 3 heterocycles. The molecule has 4 aliphatic carbocycles. The fourth-order valence-electron chi connectivity index (χ4n) is 14.2. The van der Waals surface area contributed by atoms with Crippen LogP contribution in [-0.2, 0) is 44.6 Å². The maximum absolute atomic E-state index is 13.9. The summed E-state index contributed by atoms with van der Waals surface area (Å²) in [5.41, 5.74) is 13.0. The van der Waals surface area contributed by atoms with Crippen LogP contribution < -0.4 is 11.1 Å². The van der Waals surface area contributed by atoms with Gasteiger partial charge in [0.1, 0.15) is 35.8 Å². The van der Waals surface area contributed by atoms with Gasteiger partial charge in [-0.2, -0.15) is 0 Å². The molecule has 4 atom stereocenters. The number of hydrogen-bond acceptors (Lipinski definition) is 14. The van der Waals surface area contributed by atoms with Crippen LogP contribution in [0.25, 0.3) is 21.3 Å². The minimum Gasteiger partial charge on any atom is -0.480 e. The number of alkyl carbamates (subject to hydrolysis) is 1. The second-order valence-electron chi connectivity index (χ2n) is 25.8. The number of carboxylic acid groups (broad SMARTS) is 1. The lowest BCUT2D eigenvalue weighted by Gasteiger charge is -2.30. The summed E-state index contributed by atoms with van der Waals surface area (Å²) in [6.07, 6.45) is 20.2. The standard InChI is InChI=1S/C33H48N2O4S.C23H25NO4.C15H28N2O2/c1-4-27(36)19-26(21-33-34-29-13-12-25(23(2)3)20-32(29)40-33)31(38)22-28(24-9-6-5-7-10-24)30(37)11-8-14-35-15-17-39-18-16-35;25-22(26)21(15-8-2-1-3-9-15)24-23(27)28-14-20-18-12-6-4-10-16(18)17-11-5-7-13-19(17)20;16-15(13-5-2-1-3-6-13)14(18)7-4-8-17-9-11-19-12-10-17/h12-13,20,23-24,26,28H,4-11,14-19,21-22H2,1-3H3;4-7,10-13,15,20-21H,1-3,8-9,14H2,(H,24,27)(H,25,26);13,15H,1-12,16H2/t26-,28-;21-;15-/m000/s1. The van der Waals surface area contributed by atoms with Gasteiger partial charge in [0.25, 0.3) is 0 Å². The molecule has 0 unspecified atom stereocenters. The Balaban J connectivity index is 0.000000181. The molecule has 3 saturated carbocycles. The van der Waals surface area contributed by atoms with E-state index >= 15 is 0 Å². The Bertz CT molecular complexity index is 2780. The van der Waals surface area contributed by atoms with E-state index < -0.39 is 24.0 Å². The van der Waals surface area contributed by atoms with Crippen molar-refractivity contribution in [2.24, 2.45) is 35.3 Å². The van der Waals surface area contributed by atoms with Gasteiger partial charge in [0.05, 0.1) is 47.7 Å². The van der Waals surface area contributed by atoms with E-state index in [4.69, 9.17) is 24.9 Å². The monoisotopic (exact) mass is 1220 g/mol. The molecule has 0 radical (unpaired) electrons. The number of carbonyl (C=O) groups excluding carboxylic acids is 5. The number of fused-ring (bicyclic) bond motifs is 4. The van der Waals surface area contributed by atoms with Gasteiger partial charge < -0.3 is 30.4 Å². The zero-order valence-corrected chi connectivity index (χ0v) is 53.4. The number of aliphatic carboxylic acids is 1. The highest BCUT2D eigenvalue weighted by Crippen LogP contribution is 2.45. The Morgan fingerprint density at radius 2 is 1.21 bits per heavy atom. The average Bonchev–Trinajstić information content (AvgIpc) is 1.88. The number of ketones is 4. The van der Waals surface area contributed by atoms with Crippen LogP contribution >= 0.6 is 11.3 Å². The summed E-state index contributed by atoms with van der Waals surface area (Å²) < 4.78 is 17.4. The van der Waals surface area contributed by atoms with E-state index in [1.807, 2.05) is 31.2 Å². The molecule has 1 amide bonds. The molecule has 0 bridgehead atoms. The zero-order chi connectivity index (χ0) is 61.5. The summed E-state index contributed by atoms with van der Waals surface area (Å²) in [6, 6.07) is 21.6. The third kappa shape index (κ3) is 20.4. The summed E-state index contributed by atoms with van der Waals surface area (Å²) in [6.45, 7) is 15.4. The molecular formula is C71H101N5O10S. The number of carbonyl (C=O) groups is 6. The first kappa shape index (κ1) is 67.7. The summed E-state index contributed by atoms with van der Waals surface area (Å²) in [5.74, 6) is 0.199.